The Morgan fingerprint density at radius 2 is 2.13 bits per heavy atom. The van der Waals surface area contributed by atoms with E-state index in [1.165, 1.54) is 12.8 Å². The first-order valence-corrected chi connectivity index (χ1v) is 6.29. The van der Waals surface area contributed by atoms with Crippen LogP contribution in [0, 0.1) is 0 Å². The summed E-state index contributed by atoms with van der Waals surface area (Å²) in [5.74, 6) is 0. The number of hydrogen-bond donors (Lipinski definition) is 1. The van der Waals surface area contributed by atoms with Crippen LogP contribution in [0.3, 0.4) is 0 Å². The SMILES string of the molecule is CCCOCCNC1CCC(CC)OC1. The molecule has 0 aromatic heterocycles. The lowest BCUT2D eigenvalue weighted by molar-refractivity contribution is -0.00568. The van der Waals surface area contributed by atoms with E-state index < -0.39 is 0 Å². The maximum Gasteiger partial charge on any atom is 0.0623 e. The molecule has 0 radical (unpaired) electrons. The van der Waals surface area contributed by atoms with Crippen LogP contribution in [0.25, 0.3) is 0 Å². The van der Waals surface area contributed by atoms with Crippen LogP contribution in [0.15, 0.2) is 0 Å². The lowest BCUT2D eigenvalue weighted by Gasteiger charge is -2.29. The molecule has 1 heterocycles. The summed E-state index contributed by atoms with van der Waals surface area (Å²) >= 11 is 0. The number of hydrogen-bond acceptors (Lipinski definition) is 3. The van der Waals surface area contributed by atoms with Crippen LogP contribution in [0.1, 0.15) is 39.5 Å². The van der Waals surface area contributed by atoms with E-state index in [0.29, 0.717) is 12.1 Å². The van der Waals surface area contributed by atoms with Crippen molar-refractivity contribution in [1.29, 1.82) is 0 Å². The lowest BCUT2D eigenvalue weighted by atomic mass is 10.0. The Hall–Kier alpha value is -0.120. The van der Waals surface area contributed by atoms with E-state index in [9.17, 15) is 0 Å². The zero-order valence-electron chi connectivity index (χ0n) is 10.1. The van der Waals surface area contributed by atoms with Gasteiger partial charge < -0.3 is 14.8 Å². The van der Waals surface area contributed by atoms with Gasteiger partial charge in [0.05, 0.1) is 19.3 Å². The topological polar surface area (TPSA) is 30.5 Å². The lowest BCUT2D eigenvalue weighted by Crippen LogP contribution is -2.41. The molecule has 0 spiro atoms. The van der Waals surface area contributed by atoms with E-state index >= 15 is 0 Å². The van der Waals surface area contributed by atoms with Crippen molar-refractivity contribution in [3.63, 3.8) is 0 Å². The second kappa shape index (κ2) is 8.08. The summed E-state index contributed by atoms with van der Waals surface area (Å²) in [6, 6.07) is 0.540. The molecule has 1 N–H and O–H groups in total. The van der Waals surface area contributed by atoms with Crippen LogP contribution in [-0.4, -0.2) is 38.5 Å². The Morgan fingerprint density at radius 1 is 1.27 bits per heavy atom. The average Bonchev–Trinajstić information content (AvgIpc) is 2.30. The third-order valence-corrected chi connectivity index (χ3v) is 2.85. The molecule has 1 fully saturated rings. The van der Waals surface area contributed by atoms with Gasteiger partial charge in [-0.05, 0) is 25.7 Å². The van der Waals surface area contributed by atoms with Crippen LogP contribution >= 0.6 is 0 Å². The molecule has 1 saturated heterocycles. The Labute approximate surface area is 93.5 Å². The van der Waals surface area contributed by atoms with Gasteiger partial charge in [-0.15, -0.1) is 0 Å². The highest BCUT2D eigenvalue weighted by atomic mass is 16.5. The van der Waals surface area contributed by atoms with Crippen molar-refractivity contribution in [3.05, 3.63) is 0 Å². The minimum absolute atomic E-state index is 0.499. The molecule has 2 atom stereocenters. The highest BCUT2D eigenvalue weighted by Gasteiger charge is 2.19. The predicted molar refractivity (Wildman–Crippen MR) is 62.2 cm³/mol. The Kier molecular flexibility index (Phi) is 6.98. The van der Waals surface area contributed by atoms with Crippen LogP contribution in [0.5, 0.6) is 0 Å². The van der Waals surface area contributed by atoms with Crippen molar-refractivity contribution >= 4 is 0 Å². The van der Waals surface area contributed by atoms with E-state index in [2.05, 4.69) is 19.2 Å². The molecule has 0 aliphatic carbocycles. The Bertz CT molecular complexity index is 145. The van der Waals surface area contributed by atoms with Gasteiger partial charge in [-0.2, -0.15) is 0 Å². The number of ether oxygens (including phenoxy) is 2. The maximum atomic E-state index is 5.71. The average molecular weight is 215 g/mol. The molecule has 0 saturated carbocycles. The first-order valence-electron chi connectivity index (χ1n) is 6.29. The molecule has 0 bridgehead atoms. The molecular formula is C12H25NO2. The normalized spacial score (nSPS) is 26.8. The highest BCUT2D eigenvalue weighted by molar-refractivity contribution is 4.74. The van der Waals surface area contributed by atoms with Crippen molar-refractivity contribution in [1.82, 2.24) is 5.32 Å². The van der Waals surface area contributed by atoms with Gasteiger partial charge in [0.15, 0.2) is 0 Å². The van der Waals surface area contributed by atoms with Gasteiger partial charge in [-0.1, -0.05) is 13.8 Å². The molecule has 0 amide bonds. The molecule has 1 aliphatic heterocycles. The van der Waals surface area contributed by atoms with Crippen LogP contribution in [0.2, 0.25) is 0 Å². The minimum Gasteiger partial charge on any atom is -0.380 e. The summed E-state index contributed by atoms with van der Waals surface area (Å²) in [7, 11) is 0. The summed E-state index contributed by atoms with van der Waals surface area (Å²) in [5, 5.41) is 3.48. The summed E-state index contributed by atoms with van der Waals surface area (Å²) in [6.45, 7) is 7.84. The van der Waals surface area contributed by atoms with Crippen molar-refractivity contribution in [2.24, 2.45) is 0 Å². The van der Waals surface area contributed by atoms with Crippen molar-refractivity contribution < 1.29 is 9.47 Å². The molecule has 3 nitrogen and oxygen atoms in total. The fourth-order valence-corrected chi connectivity index (χ4v) is 1.87. The largest absolute Gasteiger partial charge is 0.380 e. The molecule has 90 valence electrons. The third kappa shape index (κ3) is 5.50. The zero-order chi connectivity index (χ0) is 10.9. The van der Waals surface area contributed by atoms with Gasteiger partial charge in [0.2, 0.25) is 0 Å². The number of rotatable bonds is 7. The monoisotopic (exact) mass is 215 g/mol. The van der Waals surface area contributed by atoms with Gasteiger partial charge in [-0.3, -0.25) is 0 Å². The summed E-state index contributed by atoms with van der Waals surface area (Å²) in [6.07, 6.45) is 5.19. The van der Waals surface area contributed by atoms with Gasteiger partial charge in [0.25, 0.3) is 0 Å². The van der Waals surface area contributed by atoms with E-state index in [1.54, 1.807) is 0 Å². The highest BCUT2D eigenvalue weighted by Crippen LogP contribution is 2.15. The van der Waals surface area contributed by atoms with Gasteiger partial charge in [-0.25, -0.2) is 0 Å². The van der Waals surface area contributed by atoms with Gasteiger partial charge in [0, 0.05) is 19.2 Å². The quantitative estimate of drug-likeness (QED) is 0.659. The Balaban J connectivity index is 1.94. The van der Waals surface area contributed by atoms with E-state index in [0.717, 1.165) is 39.2 Å². The molecule has 0 aromatic carbocycles. The minimum atomic E-state index is 0.499. The first kappa shape index (κ1) is 12.9. The number of nitrogens with one attached hydrogen (secondary N) is 1. The predicted octanol–water partition coefficient (Wildman–Crippen LogP) is 1.96. The second-order valence-electron chi connectivity index (χ2n) is 4.20. The van der Waals surface area contributed by atoms with Crippen molar-refractivity contribution in [2.75, 3.05) is 26.4 Å². The van der Waals surface area contributed by atoms with E-state index in [-0.39, 0.29) is 0 Å². The smallest absolute Gasteiger partial charge is 0.0623 e. The van der Waals surface area contributed by atoms with Crippen LogP contribution in [-0.2, 0) is 9.47 Å². The molecule has 15 heavy (non-hydrogen) atoms. The first-order chi connectivity index (χ1) is 7.36. The summed E-state index contributed by atoms with van der Waals surface area (Å²) in [5.41, 5.74) is 0. The third-order valence-electron chi connectivity index (χ3n) is 2.85. The molecule has 1 rings (SSSR count). The molecular weight excluding hydrogens is 190 g/mol. The zero-order valence-corrected chi connectivity index (χ0v) is 10.1. The van der Waals surface area contributed by atoms with Crippen LogP contribution in [0.4, 0.5) is 0 Å². The van der Waals surface area contributed by atoms with Crippen molar-refractivity contribution in [2.45, 2.75) is 51.7 Å². The fourth-order valence-electron chi connectivity index (χ4n) is 1.87. The van der Waals surface area contributed by atoms with Gasteiger partial charge in [0.1, 0.15) is 0 Å². The summed E-state index contributed by atoms with van der Waals surface area (Å²) < 4.78 is 11.1. The van der Waals surface area contributed by atoms with E-state index in [4.69, 9.17) is 9.47 Å². The molecule has 1 aliphatic rings. The van der Waals surface area contributed by atoms with E-state index in [1.807, 2.05) is 0 Å². The standard InChI is InChI=1S/C12H25NO2/c1-3-8-14-9-7-13-11-5-6-12(4-2)15-10-11/h11-13H,3-10H2,1-2H3. The molecule has 2 unspecified atom stereocenters. The second-order valence-corrected chi connectivity index (χ2v) is 4.20. The molecule has 3 heteroatoms. The maximum absolute atomic E-state index is 5.71. The summed E-state index contributed by atoms with van der Waals surface area (Å²) in [4.78, 5) is 0. The fraction of sp³-hybridized carbons (Fsp3) is 1.00. The van der Waals surface area contributed by atoms with Crippen LogP contribution < -0.4 is 5.32 Å². The van der Waals surface area contributed by atoms with Gasteiger partial charge >= 0.3 is 0 Å². The van der Waals surface area contributed by atoms with Crippen molar-refractivity contribution in [3.8, 4) is 0 Å². The Morgan fingerprint density at radius 3 is 2.73 bits per heavy atom. The molecule has 0 aromatic rings.